The van der Waals surface area contributed by atoms with Gasteiger partial charge in [0, 0.05) is 13.2 Å². The van der Waals surface area contributed by atoms with Crippen molar-refractivity contribution in [3.63, 3.8) is 0 Å². The van der Waals surface area contributed by atoms with Gasteiger partial charge in [-0.3, -0.25) is 4.79 Å². The van der Waals surface area contributed by atoms with E-state index in [2.05, 4.69) is 0 Å². The Hall–Kier alpha value is 0.160. The van der Waals surface area contributed by atoms with Crippen LogP contribution in [0.15, 0.2) is 0 Å². The van der Waals surface area contributed by atoms with Crippen LogP contribution in [0.25, 0.3) is 0 Å². The van der Waals surface area contributed by atoms with Crippen LogP contribution in [0.5, 0.6) is 0 Å². The van der Waals surface area contributed by atoms with Crippen LogP contribution < -0.4 is 0 Å². The fourth-order valence-electron chi connectivity index (χ4n) is 0.909. The van der Waals surface area contributed by atoms with Crippen molar-refractivity contribution in [3.05, 3.63) is 0 Å². The number of hydrogen-bond donors (Lipinski definition) is 1. The summed E-state index contributed by atoms with van der Waals surface area (Å²) in [7, 11) is 0. The first-order valence-electron chi connectivity index (χ1n) is 3.15. The SMILES string of the molecule is O=C(O)C1(I)CCOCC1. The first-order valence-corrected chi connectivity index (χ1v) is 4.23. The van der Waals surface area contributed by atoms with Crippen LogP contribution >= 0.6 is 22.6 Å². The monoisotopic (exact) mass is 256 g/mol. The molecular weight excluding hydrogens is 247 g/mol. The zero-order valence-electron chi connectivity index (χ0n) is 5.47. The molecule has 0 unspecified atom stereocenters. The molecule has 0 saturated carbocycles. The van der Waals surface area contributed by atoms with E-state index in [-0.39, 0.29) is 0 Å². The number of ether oxygens (including phenoxy) is 1. The van der Waals surface area contributed by atoms with Gasteiger partial charge in [0.2, 0.25) is 0 Å². The maximum atomic E-state index is 10.6. The van der Waals surface area contributed by atoms with Crippen molar-refractivity contribution in [2.24, 2.45) is 0 Å². The summed E-state index contributed by atoms with van der Waals surface area (Å²) in [5.74, 6) is -0.712. The van der Waals surface area contributed by atoms with E-state index in [1.807, 2.05) is 22.6 Å². The standard InChI is InChI=1S/C6H9IO3/c7-6(5(8)9)1-3-10-4-2-6/h1-4H2,(H,8,9). The van der Waals surface area contributed by atoms with Gasteiger partial charge in [0.25, 0.3) is 0 Å². The minimum atomic E-state index is -0.712. The minimum absolute atomic E-state index is 0.560. The number of hydrogen-bond acceptors (Lipinski definition) is 2. The van der Waals surface area contributed by atoms with Crippen molar-refractivity contribution in [1.82, 2.24) is 0 Å². The van der Waals surface area contributed by atoms with Gasteiger partial charge in [0.05, 0.1) is 0 Å². The van der Waals surface area contributed by atoms with Gasteiger partial charge in [-0.2, -0.15) is 0 Å². The van der Waals surface area contributed by atoms with E-state index in [9.17, 15) is 4.79 Å². The van der Waals surface area contributed by atoms with E-state index in [4.69, 9.17) is 9.84 Å². The Labute approximate surface area is 72.9 Å². The smallest absolute Gasteiger partial charge is 0.319 e. The van der Waals surface area contributed by atoms with Gasteiger partial charge < -0.3 is 9.84 Å². The zero-order chi connectivity index (χ0) is 7.61. The summed E-state index contributed by atoms with van der Waals surface area (Å²) in [6.07, 6.45) is 1.26. The molecule has 0 atom stereocenters. The molecule has 10 heavy (non-hydrogen) atoms. The molecule has 1 heterocycles. The second-order valence-electron chi connectivity index (χ2n) is 2.38. The number of carbonyl (C=O) groups is 1. The summed E-state index contributed by atoms with van der Waals surface area (Å²) in [6.45, 7) is 1.16. The Balaban J connectivity index is 2.56. The molecule has 0 aliphatic carbocycles. The molecule has 58 valence electrons. The Kier molecular flexibility index (Phi) is 2.51. The lowest BCUT2D eigenvalue weighted by atomic mass is 10.0. The summed E-state index contributed by atoms with van der Waals surface area (Å²) in [5.41, 5.74) is 0. The van der Waals surface area contributed by atoms with Crippen LogP contribution in [0.1, 0.15) is 12.8 Å². The molecule has 4 heteroatoms. The number of rotatable bonds is 1. The largest absolute Gasteiger partial charge is 0.480 e. The highest BCUT2D eigenvalue weighted by Crippen LogP contribution is 2.30. The van der Waals surface area contributed by atoms with Crippen molar-refractivity contribution in [3.8, 4) is 0 Å². The van der Waals surface area contributed by atoms with Crippen LogP contribution in [0, 0.1) is 0 Å². The maximum Gasteiger partial charge on any atom is 0.319 e. The topological polar surface area (TPSA) is 46.5 Å². The first-order chi connectivity index (χ1) is 4.65. The summed E-state index contributed by atoms with van der Waals surface area (Å²) in [5, 5.41) is 8.73. The first kappa shape index (κ1) is 8.26. The highest BCUT2D eigenvalue weighted by Gasteiger charge is 2.36. The van der Waals surface area contributed by atoms with Crippen LogP contribution in [0.3, 0.4) is 0 Å². The lowest BCUT2D eigenvalue weighted by Crippen LogP contribution is -2.37. The molecule has 0 amide bonds. The average Bonchev–Trinajstić information content (AvgIpc) is 1.89. The van der Waals surface area contributed by atoms with Crippen LogP contribution in [-0.2, 0) is 9.53 Å². The molecule has 0 aromatic carbocycles. The number of alkyl halides is 1. The van der Waals surface area contributed by atoms with Crippen LogP contribution in [-0.4, -0.2) is 27.7 Å². The third-order valence-electron chi connectivity index (χ3n) is 1.67. The fraction of sp³-hybridized carbons (Fsp3) is 0.833. The van der Waals surface area contributed by atoms with Gasteiger partial charge >= 0.3 is 5.97 Å². The Bertz CT molecular complexity index is 140. The average molecular weight is 256 g/mol. The van der Waals surface area contributed by atoms with E-state index in [0.717, 1.165) is 0 Å². The summed E-state index contributed by atoms with van der Waals surface area (Å²) >= 11 is 2.00. The van der Waals surface area contributed by atoms with Gasteiger partial charge in [-0.1, -0.05) is 22.6 Å². The molecule has 0 aromatic rings. The molecule has 0 radical (unpaired) electrons. The van der Waals surface area contributed by atoms with Gasteiger partial charge in [0.1, 0.15) is 3.42 Å². The maximum absolute atomic E-state index is 10.6. The second-order valence-corrected chi connectivity index (χ2v) is 4.45. The normalized spacial score (nSPS) is 24.1. The molecule has 1 fully saturated rings. The van der Waals surface area contributed by atoms with Gasteiger partial charge in [0.15, 0.2) is 0 Å². The van der Waals surface area contributed by atoms with Crippen molar-refractivity contribution in [1.29, 1.82) is 0 Å². The predicted octanol–water partition coefficient (Wildman–Crippen LogP) is 1.06. The van der Waals surface area contributed by atoms with Crippen LogP contribution in [0.4, 0.5) is 0 Å². The quantitative estimate of drug-likeness (QED) is 0.563. The van der Waals surface area contributed by atoms with Crippen LogP contribution in [0.2, 0.25) is 0 Å². The number of carboxylic acids is 1. The highest BCUT2D eigenvalue weighted by molar-refractivity contribution is 14.1. The molecule has 0 bridgehead atoms. The number of carboxylic acid groups (broad SMARTS) is 1. The van der Waals surface area contributed by atoms with E-state index in [1.54, 1.807) is 0 Å². The summed E-state index contributed by atoms with van der Waals surface area (Å²) in [6, 6.07) is 0. The molecule has 1 rings (SSSR count). The molecule has 1 N–H and O–H groups in total. The Morgan fingerprint density at radius 2 is 2.00 bits per heavy atom. The van der Waals surface area contributed by atoms with E-state index >= 15 is 0 Å². The van der Waals surface area contributed by atoms with Crippen molar-refractivity contribution in [2.45, 2.75) is 16.3 Å². The van der Waals surface area contributed by atoms with Crippen molar-refractivity contribution in [2.75, 3.05) is 13.2 Å². The molecule has 1 aliphatic heterocycles. The fourth-order valence-corrected chi connectivity index (χ4v) is 1.35. The van der Waals surface area contributed by atoms with E-state index in [0.29, 0.717) is 26.1 Å². The molecule has 3 nitrogen and oxygen atoms in total. The Morgan fingerprint density at radius 3 is 2.30 bits per heavy atom. The molecule has 1 aliphatic rings. The Morgan fingerprint density at radius 1 is 1.50 bits per heavy atom. The molecule has 1 saturated heterocycles. The van der Waals surface area contributed by atoms with Crippen molar-refractivity contribution >= 4 is 28.6 Å². The number of aliphatic carboxylic acids is 1. The highest BCUT2D eigenvalue weighted by atomic mass is 127. The van der Waals surface area contributed by atoms with Gasteiger partial charge in [-0.05, 0) is 12.8 Å². The predicted molar refractivity (Wildman–Crippen MR) is 44.4 cm³/mol. The number of halogens is 1. The zero-order valence-corrected chi connectivity index (χ0v) is 7.63. The molecular formula is C6H9IO3. The molecule has 0 spiro atoms. The van der Waals surface area contributed by atoms with Gasteiger partial charge in [-0.15, -0.1) is 0 Å². The minimum Gasteiger partial charge on any atom is -0.480 e. The van der Waals surface area contributed by atoms with Gasteiger partial charge in [-0.25, -0.2) is 0 Å². The van der Waals surface area contributed by atoms with Crippen molar-refractivity contribution < 1.29 is 14.6 Å². The molecule has 0 aromatic heterocycles. The summed E-state index contributed by atoms with van der Waals surface area (Å²) < 4.78 is 4.49. The lowest BCUT2D eigenvalue weighted by molar-refractivity contribution is -0.141. The second kappa shape index (κ2) is 3.04. The van der Waals surface area contributed by atoms with E-state index < -0.39 is 9.39 Å². The third kappa shape index (κ3) is 1.60. The van der Waals surface area contributed by atoms with E-state index in [1.165, 1.54) is 0 Å². The lowest BCUT2D eigenvalue weighted by Gasteiger charge is -2.26. The summed E-state index contributed by atoms with van der Waals surface area (Å²) in [4.78, 5) is 10.6. The third-order valence-corrected chi connectivity index (χ3v) is 3.21.